The lowest BCUT2D eigenvalue weighted by atomic mass is 9.88. The Bertz CT molecular complexity index is 1400. The van der Waals surface area contributed by atoms with Crippen molar-refractivity contribution in [1.29, 1.82) is 0 Å². The molecule has 0 bridgehead atoms. The summed E-state index contributed by atoms with van der Waals surface area (Å²) in [5, 5.41) is 8.17. The Morgan fingerprint density at radius 2 is 1.92 bits per heavy atom. The van der Waals surface area contributed by atoms with E-state index in [1.165, 1.54) is 12.1 Å². The van der Waals surface area contributed by atoms with E-state index in [-0.39, 0.29) is 23.1 Å². The molecule has 0 fully saturated rings. The fourth-order valence-electron chi connectivity index (χ4n) is 4.45. The van der Waals surface area contributed by atoms with Crippen LogP contribution in [0.5, 0.6) is 0 Å². The van der Waals surface area contributed by atoms with E-state index >= 15 is 0 Å². The summed E-state index contributed by atoms with van der Waals surface area (Å²) in [6.07, 6.45) is -1.02. The minimum Gasteiger partial charge on any atom is -0.348 e. The van der Waals surface area contributed by atoms with Crippen molar-refractivity contribution in [3.05, 3.63) is 81.8 Å². The topological polar surface area (TPSA) is 105 Å². The van der Waals surface area contributed by atoms with E-state index in [4.69, 9.17) is 0 Å². The van der Waals surface area contributed by atoms with E-state index < -0.39 is 41.7 Å². The quantitative estimate of drug-likeness (QED) is 0.435. The van der Waals surface area contributed by atoms with Crippen LogP contribution >= 0.6 is 0 Å². The summed E-state index contributed by atoms with van der Waals surface area (Å²) < 4.78 is 41.1. The standard InChI is InChI=1S/C27H28F3N5O3/c1-16(31-2)25(37)34-22-14-32-24(18-9-5-10-19(13-18)27(28,29)30)35(26(22)38)15-23(36)33-21-12-6-8-17-7-3-4-11-20(17)21/h3-5,7,9-11,13-14,16,21,31H,6,8,12,15H2,1-2H3,(H,33,36)(H,34,37). The molecule has 2 atom stereocenters. The van der Waals surface area contributed by atoms with Crippen LogP contribution in [0.4, 0.5) is 18.9 Å². The Balaban J connectivity index is 1.70. The zero-order chi connectivity index (χ0) is 27.4. The first-order valence-corrected chi connectivity index (χ1v) is 12.2. The first kappa shape index (κ1) is 27.1. The molecule has 0 saturated heterocycles. The average molecular weight is 528 g/mol. The SMILES string of the molecule is CNC(C)C(=O)Nc1cnc(-c2cccc(C(F)(F)F)c2)n(CC(=O)NC2CCCc3ccccc32)c1=O. The first-order valence-electron chi connectivity index (χ1n) is 12.2. The van der Waals surface area contributed by atoms with Crippen molar-refractivity contribution < 1.29 is 22.8 Å². The fraction of sp³-hybridized carbons (Fsp3) is 0.333. The number of anilines is 1. The highest BCUT2D eigenvalue weighted by Crippen LogP contribution is 2.32. The number of likely N-dealkylation sites (N-methyl/N-ethyl adjacent to an activating group) is 1. The van der Waals surface area contributed by atoms with Crippen molar-refractivity contribution in [3.8, 4) is 11.4 Å². The number of hydrogen-bond donors (Lipinski definition) is 3. The molecule has 11 heteroatoms. The molecule has 2 aromatic carbocycles. The minimum absolute atomic E-state index is 0.00852. The second kappa shape index (κ2) is 11.2. The van der Waals surface area contributed by atoms with Crippen molar-refractivity contribution in [1.82, 2.24) is 20.2 Å². The van der Waals surface area contributed by atoms with Crippen LogP contribution in [-0.2, 0) is 28.7 Å². The number of amides is 2. The molecule has 38 heavy (non-hydrogen) atoms. The lowest BCUT2D eigenvalue weighted by Gasteiger charge is -2.26. The summed E-state index contributed by atoms with van der Waals surface area (Å²) in [7, 11) is 1.57. The molecule has 0 aliphatic heterocycles. The van der Waals surface area contributed by atoms with Crippen LogP contribution in [0.25, 0.3) is 11.4 Å². The normalized spacial score (nSPS) is 15.9. The van der Waals surface area contributed by atoms with Gasteiger partial charge < -0.3 is 16.0 Å². The molecule has 3 aromatic rings. The number of hydrogen-bond acceptors (Lipinski definition) is 5. The summed E-state index contributed by atoms with van der Waals surface area (Å²) in [6, 6.07) is 11.3. The number of aromatic nitrogens is 2. The van der Waals surface area contributed by atoms with Gasteiger partial charge in [0.15, 0.2) is 0 Å². The van der Waals surface area contributed by atoms with Gasteiger partial charge in [-0.05, 0) is 56.5 Å². The zero-order valence-corrected chi connectivity index (χ0v) is 20.9. The van der Waals surface area contributed by atoms with E-state index in [0.717, 1.165) is 46.9 Å². The number of aryl methyl sites for hydroxylation is 1. The Hall–Kier alpha value is -3.99. The number of benzene rings is 2. The minimum atomic E-state index is -4.61. The summed E-state index contributed by atoms with van der Waals surface area (Å²) in [5.74, 6) is -1.14. The molecule has 1 aliphatic carbocycles. The number of rotatable bonds is 7. The highest BCUT2D eigenvalue weighted by molar-refractivity contribution is 5.94. The monoisotopic (exact) mass is 527 g/mol. The number of carbonyl (C=O) groups is 2. The van der Waals surface area contributed by atoms with Crippen LogP contribution in [0.1, 0.15) is 42.5 Å². The lowest BCUT2D eigenvalue weighted by Crippen LogP contribution is -2.40. The number of carbonyl (C=O) groups excluding carboxylic acids is 2. The second-order valence-corrected chi connectivity index (χ2v) is 9.18. The molecule has 2 unspecified atom stereocenters. The summed E-state index contributed by atoms with van der Waals surface area (Å²) >= 11 is 0. The summed E-state index contributed by atoms with van der Waals surface area (Å²) in [6.45, 7) is 1.09. The van der Waals surface area contributed by atoms with Gasteiger partial charge in [0.2, 0.25) is 11.8 Å². The predicted octanol–water partition coefficient (Wildman–Crippen LogP) is 3.67. The number of halogens is 3. The Labute approximate surface area is 217 Å². The van der Waals surface area contributed by atoms with Crippen molar-refractivity contribution in [3.63, 3.8) is 0 Å². The lowest BCUT2D eigenvalue weighted by molar-refractivity contribution is -0.137. The number of alkyl halides is 3. The van der Waals surface area contributed by atoms with Gasteiger partial charge in [-0.2, -0.15) is 13.2 Å². The highest BCUT2D eigenvalue weighted by atomic mass is 19.4. The molecule has 1 aliphatic rings. The molecular weight excluding hydrogens is 499 g/mol. The van der Waals surface area contributed by atoms with Crippen LogP contribution in [-0.4, -0.2) is 34.5 Å². The van der Waals surface area contributed by atoms with Crippen molar-refractivity contribution >= 4 is 17.5 Å². The van der Waals surface area contributed by atoms with Gasteiger partial charge >= 0.3 is 6.18 Å². The van der Waals surface area contributed by atoms with E-state index in [1.54, 1.807) is 14.0 Å². The van der Waals surface area contributed by atoms with E-state index in [9.17, 15) is 27.6 Å². The maximum absolute atomic E-state index is 13.4. The van der Waals surface area contributed by atoms with Crippen molar-refractivity contribution in [2.24, 2.45) is 0 Å². The molecule has 0 radical (unpaired) electrons. The van der Waals surface area contributed by atoms with E-state index in [0.29, 0.717) is 6.42 Å². The van der Waals surface area contributed by atoms with Crippen LogP contribution in [0.2, 0.25) is 0 Å². The maximum Gasteiger partial charge on any atom is 0.416 e. The Morgan fingerprint density at radius 3 is 2.66 bits per heavy atom. The zero-order valence-electron chi connectivity index (χ0n) is 20.9. The van der Waals surface area contributed by atoms with Crippen LogP contribution in [0.3, 0.4) is 0 Å². The third-order valence-electron chi connectivity index (χ3n) is 6.59. The number of nitrogens with zero attached hydrogens (tertiary/aromatic N) is 2. The molecule has 0 saturated carbocycles. The van der Waals surface area contributed by atoms with E-state index in [1.807, 2.05) is 24.3 Å². The third-order valence-corrected chi connectivity index (χ3v) is 6.59. The van der Waals surface area contributed by atoms with E-state index in [2.05, 4.69) is 20.9 Å². The van der Waals surface area contributed by atoms with Crippen molar-refractivity contribution in [2.75, 3.05) is 12.4 Å². The van der Waals surface area contributed by atoms with Gasteiger partial charge in [-0.25, -0.2) is 4.98 Å². The van der Waals surface area contributed by atoms with Gasteiger partial charge in [0.25, 0.3) is 5.56 Å². The third kappa shape index (κ3) is 5.94. The van der Waals surface area contributed by atoms with Gasteiger partial charge in [-0.3, -0.25) is 19.0 Å². The van der Waals surface area contributed by atoms with Gasteiger partial charge in [-0.15, -0.1) is 0 Å². The highest BCUT2D eigenvalue weighted by Gasteiger charge is 2.31. The number of fused-ring (bicyclic) bond motifs is 1. The molecule has 4 rings (SSSR count). The largest absolute Gasteiger partial charge is 0.416 e. The Morgan fingerprint density at radius 1 is 1.16 bits per heavy atom. The smallest absolute Gasteiger partial charge is 0.348 e. The van der Waals surface area contributed by atoms with Gasteiger partial charge in [0.1, 0.15) is 18.1 Å². The average Bonchev–Trinajstić information content (AvgIpc) is 2.90. The van der Waals surface area contributed by atoms with Crippen LogP contribution in [0, 0.1) is 0 Å². The maximum atomic E-state index is 13.4. The molecule has 1 aromatic heterocycles. The van der Waals surface area contributed by atoms with Gasteiger partial charge in [0, 0.05) is 5.56 Å². The first-order chi connectivity index (χ1) is 18.1. The van der Waals surface area contributed by atoms with Crippen LogP contribution in [0.15, 0.2) is 59.5 Å². The van der Waals surface area contributed by atoms with Gasteiger partial charge in [0.05, 0.1) is 23.8 Å². The molecular formula is C27H28F3N5O3. The molecule has 200 valence electrons. The fourth-order valence-corrected chi connectivity index (χ4v) is 4.45. The van der Waals surface area contributed by atoms with Crippen LogP contribution < -0.4 is 21.5 Å². The number of nitrogens with one attached hydrogen (secondary N) is 3. The van der Waals surface area contributed by atoms with Gasteiger partial charge in [-0.1, -0.05) is 36.4 Å². The molecule has 1 heterocycles. The molecule has 8 nitrogen and oxygen atoms in total. The Kier molecular flexibility index (Phi) is 7.96. The molecule has 3 N–H and O–H groups in total. The molecule has 0 spiro atoms. The predicted molar refractivity (Wildman–Crippen MR) is 136 cm³/mol. The molecule has 2 amide bonds. The summed E-state index contributed by atoms with van der Waals surface area (Å²) in [5.41, 5.74) is 0.272. The van der Waals surface area contributed by atoms with Crippen molar-refractivity contribution in [2.45, 2.75) is 51.0 Å². The summed E-state index contributed by atoms with van der Waals surface area (Å²) in [4.78, 5) is 43.1. The second-order valence-electron chi connectivity index (χ2n) is 9.18.